The maximum atomic E-state index is 12.5. The lowest BCUT2D eigenvalue weighted by molar-refractivity contribution is -0.137. The molecule has 0 spiro atoms. The molecule has 1 aromatic heterocycles. The largest absolute Gasteiger partial charge is 0.508 e. The van der Waals surface area contributed by atoms with E-state index in [4.69, 9.17) is 109 Å². The molecule has 604 valence electrons. The van der Waals surface area contributed by atoms with Crippen LogP contribution in [0.1, 0.15) is 89.3 Å². The molecular weight excluding hydrogens is 1530 g/mol. The molecule has 0 aliphatic rings. The van der Waals surface area contributed by atoms with Crippen LogP contribution in [0.5, 0.6) is 51.7 Å². The number of rotatable bonds is 6. The number of hydrogen-bond donors (Lipinski definition) is 17. The second kappa shape index (κ2) is 48.2. The van der Waals surface area contributed by atoms with Gasteiger partial charge in [-0.25, -0.2) is 12.8 Å². The number of aromatic hydroxyl groups is 9. The Morgan fingerprint density at radius 2 is 0.830 bits per heavy atom. The van der Waals surface area contributed by atoms with Gasteiger partial charge in [-0.2, -0.15) is 13.2 Å². The van der Waals surface area contributed by atoms with E-state index < -0.39 is 27.5 Å². The van der Waals surface area contributed by atoms with Crippen molar-refractivity contribution in [1.29, 1.82) is 0 Å². The van der Waals surface area contributed by atoms with E-state index in [-0.39, 0.29) is 75.7 Å². The normalized spacial score (nSPS) is 10.0. The lowest BCUT2D eigenvalue weighted by Gasteiger charge is -2.11. The Balaban J connectivity index is 0.000000617. The van der Waals surface area contributed by atoms with E-state index in [1.54, 1.807) is 118 Å². The van der Waals surface area contributed by atoms with Gasteiger partial charge in [0.05, 0.1) is 68.5 Å². The highest BCUT2D eigenvalue weighted by atomic mass is 35.5. The van der Waals surface area contributed by atoms with Gasteiger partial charge in [-0.3, -0.25) is 14.5 Å². The van der Waals surface area contributed by atoms with Crippen LogP contribution in [0, 0.1) is 95.8 Å². The van der Waals surface area contributed by atoms with Crippen LogP contribution in [0.4, 0.5) is 51.7 Å². The molecule has 0 aliphatic carbocycles. The first-order chi connectivity index (χ1) is 52.0. The lowest BCUT2D eigenvalue weighted by atomic mass is 10.1. The van der Waals surface area contributed by atoms with Crippen molar-refractivity contribution in [2.45, 2.75) is 109 Å². The summed E-state index contributed by atoms with van der Waals surface area (Å²) >= 11 is 16.9. The summed E-state index contributed by atoms with van der Waals surface area (Å²) in [6, 6.07) is 49.4. The minimum atomic E-state index is -4.44. The third-order valence-electron chi connectivity index (χ3n) is 14.2. The topological polar surface area (TPSA) is 415 Å². The number of phenols is 8. The number of hydrogen-bond acceptors (Lipinski definition) is 19. The number of nitrogen functional groups attached to an aromatic ring is 4. The fourth-order valence-electron chi connectivity index (χ4n) is 8.81. The average Bonchev–Trinajstić information content (AvgIpc) is 0.814. The summed E-state index contributed by atoms with van der Waals surface area (Å²) in [6.45, 7) is 23.9. The van der Waals surface area contributed by atoms with Gasteiger partial charge in [0.25, 0.3) is 0 Å². The van der Waals surface area contributed by atoms with E-state index in [0.29, 0.717) is 56.2 Å². The molecule has 0 radical (unpaired) electrons. The van der Waals surface area contributed by atoms with E-state index in [1.807, 2.05) is 98.7 Å². The molecule has 0 saturated heterocycles. The van der Waals surface area contributed by atoms with Crippen molar-refractivity contribution in [1.82, 2.24) is 4.98 Å². The Kier molecular flexibility index (Phi) is 42.4. The number of nitrogens with one attached hydrogen (secondary N) is 2. The molecule has 21 nitrogen and oxygen atoms in total. The van der Waals surface area contributed by atoms with Crippen LogP contribution in [0.3, 0.4) is 0 Å². The van der Waals surface area contributed by atoms with Gasteiger partial charge in [0.2, 0.25) is 16.4 Å². The fraction of sp³-hybridized carbons (Fsp3) is 0.205. The molecule has 112 heavy (non-hydrogen) atoms. The smallest absolute Gasteiger partial charge is 0.418 e. The standard InChI is InChI=1S/C8H7ClF3N.C8H9F.C8H11NO3S.C8H9NO2.C8H11NO.C8H10O.C7H7Cl2N.C7H9NO2.C7H9NO.2C7H8O2/c1-4-2-5(8(10,11)12)7(13)6(9)3-4;1-6-3-4-8(9)7(2)5-6;1-6-3-4-8(10)7(5-6)9-13(2,11)12;1-6-2-3-8(11)7(4-6)9-5-10;1-6-2-7(5-10)4-8(9)3-6;1-6-3-4-8(9)7(2)5-6;1-4-2-5(8)7(10)6(9)3-4;1-5-2-3-7(10)6(4-9)8-5;1-5-2-3-7(9)6(8)4-5;1-5-2-6(8)4-7(9)3-5;1-5-2-3-6(8)7(9)4-5/h2-3H,13H2,1H3;3-5H,1-2H3;3-5,9-10H,1-2H3;2-5,11H,1H3,(H,9,10);2-4,10H,5,9H2,1H3;3-5,9H,1-2H3;2-3H,10H2,1H3;2-3,9-10H,4H2,1H3;2-4,9H,8H2,1H3;2*2-4,8-9H,1H3. The summed E-state index contributed by atoms with van der Waals surface area (Å²) in [5.74, 6) is 0.546. The number of aryl methyl sites for hydroxylation is 13. The van der Waals surface area contributed by atoms with Crippen molar-refractivity contribution in [3.8, 4) is 51.7 Å². The lowest BCUT2D eigenvalue weighted by Crippen LogP contribution is -2.09. The molecule has 11 rings (SSSR count). The molecule has 29 heteroatoms. The van der Waals surface area contributed by atoms with Gasteiger partial charge in [-0.1, -0.05) is 101 Å². The predicted molar refractivity (Wildman–Crippen MR) is 443 cm³/mol. The molecule has 21 N–H and O–H groups in total. The summed E-state index contributed by atoms with van der Waals surface area (Å²) in [6.07, 6.45) is -2.87. The second-order valence-corrected chi connectivity index (χ2v) is 28.1. The van der Waals surface area contributed by atoms with Crippen molar-refractivity contribution in [3.05, 3.63) is 292 Å². The summed E-state index contributed by atoms with van der Waals surface area (Å²) in [4.78, 5) is 13.9. The molecular formula is C83H98Cl3F4N7O14S. The highest BCUT2D eigenvalue weighted by molar-refractivity contribution is 7.92. The molecule has 10 aromatic carbocycles. The van der Waals surface area contributed by atoms with Crippen molar-refractivity contribution >= 4 is 85.4 Å². The van der Waals surface area contributed by atoms with Crippen LogP contribution in [-0.4, -0.2) is 82.2 Å². The number of sulfonamides is 1. The SMILES string of the molecule is Cc1cc(Cl)c(N)c(C(F)(F)F)c1.Cc1cc(Cl)c(N)c(Cl)c1.Cc1cc(N)cc(CO)c1.Cc1cc(O)cc(O)c1.Cc1ccc(F)c(C)c1.Cc1ccc(O)c(C)c1.Cc1ccc(O)c(CO)n1.Cc1ccc(O)c(N)c1.Cc1ccc(O)c(NC=O)c1.Cc1ccc(O)c(NS(C)(=O)=O)c1.Cc1ccc(O)c(O)c1. The number of aliphatic hydroxyl groups excluding tert-OH is 2. The molecule has 11 aromatic rings. The number of carbonyl (C=O) groups excluding carboxylic acids is 1. The van der Waals surface area contributed by atoms with Crippen LogP contribution in [0.2, 0.25) is 15.1 Å². The zero-order valence-electron chi connectivity index (χ0n) is 64.3. The highest BCUT2D eigenvalue weighted by Gasteiger charge is 2.34. The van der Waals surface area contributed by atoms with E-state index >= 15 is 0 Å². The van der Waals surface area contributed by atoms with Gasteiger partial charge in [0, 0.05) is 17.4 Å². The number of nitrogens with zero attached hydrogens (tertiary/aromatic N) is 1. The number of carbonyl (C=O) groups is 1. The predicted octanol–water partition coefficient (Wildman–Crippen LogP) is 18.7. The molecule has 0 bridgehead atoms. The minimum absolute atomic E-state index is 0.0492. The van der Waals surface area contributed by atoms with Crippen molar-refractivity contribution in [3.63, 3.8) is 0 Å². The van der Waals surface area contributed by atoms with Gasteiger partial charge < -0.3 is 84.4 Å². The third-order valence-corrected chi connectivity index (χ3v) is 15.8. The number of aliphatic hydroxyl groups is 2. The zero-order valence-corrected chi connectivity index (χ0v) is 67.4. The quantitative estimate of drug-likeness (QED) is 0.0318. The number of pyridine rings is 1. The number of alkyl halides is 3. The van der Waals surface area contributed by atoms with Crippen LogP contribution in [-0.2, 0) is 34.2 Å². The Bertz CT molecular complexity index is 4680. The van der Waals surface area contributed by atoms with Crippen LogP contribution in [0.15, 0.2) is 182 Å². The summed E-state index contributed by atoms with van der Waals surface area (Å²) in [5.41, 5.74) is 35.7. The molecule has 1 heterocycles. The van der Waals surface area contributed by atoms with E-state index in [1.165, 1.54) is 55.0 Å². The van der Waals surface area contributed by atoms with Crippen molar-refractivity contribution in [2.24, 2.45) is 0 Å². The van der Waals surface area contributed by atoms with Crippen molar-refractivity contribution in [2.75, 3.05) is 39.2 Å². The van der Waals surface area contributed by atoms with Crippen LogP contribution < -0.4 is 33.0 Å². The van der Waals surface area contributed by atoms with Gasteiger partial charge in [0.15, 0.2) is 11.5 Å². The Morgan fingerprint density at radius 3 is 1.23 bits per heavy atom. The highest BCUT2D eigenvalue weighted by Crippen LogP contribution is 2.38. The molecule has 0 saturated carbocycles. The first-order valence-electron chi connectivity index (χ1n) is 33.4. The van der Waals surface area contributed by atoms with Crippen LogP contribution >= 0.6 is 34.8 Å². The number of benzene rings is 10. The Labute approximate surface area is 666 Å². The number of anilines is 6. The summed E-state index contributed by atoms with van der Waals surface area (Å²) in [7, 11) is -3.33. The molecule has 0 fully saturated rings. The van der Waals surface area contributed by atoms with E-state index in [2.05, 4.69) is 15.0 Å². The molecule has 0 atom stereocenters. The molecule has 0 unspecified atom stereocenters. The second-order valence-electron chi connectivity index (χ2n) is 25.1. The van der Waals surface area contributed by atoms with E-state index in [9.17, 15) is 35.9 Å². The van der Waals surface area contributed by atoms with Gasteiger partial charge in [-0.15, -0.1) is 0 Å². The summed E-state index contributed by atoms with van der Waals surface area (Å²) < 4.78 is 73.2. The minimum Gasteiger partial charge on any atom is -0.508 e. The number of amides is 1. The monoisotopic (exact) mass is 1630 g/mol. The third kappa shape index (κ3) is 39.7. The van der Waals surface area contributed by atoms with Crippen molar-refractivity contribution < 1.29 is 86.9 Å². The number of aromatic nitrogens is 1. The molecule has 0 aliphatic heterocycles. The van der Waals surface area contributed by atoms with Gasteiger partial charge in [-0.05, 0) is 273 Å². The Morgan fingerprint density at radius 1 is 0.420 bits per heavy atom. The van der Waals surface area contributed by atoms with Gasteiger partial charge in [0.1, 0.15) is 51.8 Å². The average molecular weight is 1630 g/mol. The van der Waals surface area contributed by atoms with E-state index in [0.717, 1.165) is 79.2 Å². The zero-order chi connectivity index (χ0) is 85.7. The Hall–Kier alpha value is -11.5. The number of nitrogens with two attached hydrogens (primary N) is 4. The number of phenolic OH excluding ortho intramolecular Hbond substituents is 8. The maximum Gasteiger partial charge on any atom is 0.418 e. The maximum absolute atomic E-state index is 12.5. The van der Waals surface area contributed by atoms with Crippen LogP contribution in [0.25, 0.3) is 0 Å². The molecule has 1 amide bonds. The first-order valence-corrected chi connectivity index (χ1v) is 36.4. The number of halogens is 7. The fourth-order valence-corrected chi connectivity index (χ4v) is 10.2. The summed E-state index contributed by atoms with van der Waals surface area (Å²) in [5, 5.41) is 101. The first kappa shape index (κ1) is 98.5. The van der Waals surface area contributed by atoms with Gasteiger partial charge >= 0.3 is 6.18 Å².